The van der Waals surface area contributed by atoms with E-state index in [1.54, 1.807) is 29.3 Å². The lowest BCUT2D eigenvalue weighted by atomic mass is 10.1. The molecule has 1 saturated heterocycles. The van der Waals surface area contributed by atoms with Crippen LogP contribution in [0, 0.1) is 5.82 Å². The molecule has 3 heterocycles. The van der Waals surface area contributed by atoms with E-state index in [2.05, 4.69) is 15.0 Å². The van der Waals surface area contributed by atoms with E-state index in [1.165, 1.54) is 31.4 Å². The molecule has 7 nitrogen and oxygen atoms in total. The lowest BCUT2D eigenvalue weighted by Crippen LogP contribution is -2.29. The van der Waals surface area contributed by atoms with Crippen LogP contribution in [-0.4, -0.2) is 46.0 Å². The monoisotopic (exact) mass is 394 g/mol. The van der Waals surface area contributed by atoms with Crippen LogP contribution in [0.25, 0.3) is 11.3 Å². The molecule has 0 spiro atoms. The van der Waals surface area contributed by atoms with Gasteiger partial charge < -0.3 is 14.6 Å². The second-order valence-electron chi connectivity index (χ2n) is 6.82. The second kappa shape index (κ2) is 7.83. The molecule has 1 N–H and O–H groups in total. The van der Waals surface area contributed by atoms with E-state index in [1.807, 2.05) is 0 Å². The molecule has 1 atom stereocenters. The number of amides is 1. The number of rotatable bonds is 4. The standard InChI is InChI=1S/C21H19FN4O3/c1-29-20-16(6-3-8-23-20)17-11-18(27)25-19(24-17)14-7-9-26(12-14)21(28)13-4-2-5-15(22)10-13/h2-6,8,10-11,14H,7,9,12H2,1H3,(H,24,25,27)/t14-/m0/s1. The molecule has 3 aromatic rings. The molecule has 8 heteroatoms. The number of carbonyl (C=O) groups excluding carboxylic acids is 1. The molecule has 0 unspecified atom stereocenters. The Hall–Kier alpha value is -3.55. The lowest BCUT2D eigenvalue weighted by Gasteiger charge is -2.17. The molecule has 0 radical (unpaired) electrons. The highest BCUT2D eigenvalue weighted by molar-refractivity contribution is 5.94. The van der Waals surface area contributed by atoms with Gasteiger partial charge in [0.2, 0.25) is 5.88 Å². The first-order valence-corrected chi connectivity index (χ1v) is 9.20. The molecular formula is C21H19FN4O3. The van der Waals surface area contributed by atoms with Crippen LogP contribution in [0.1, 0.15) is 28.5 Å². The van der Waals surface area contributed by atoms with Gasteiger partial charge in [-0.25, -0.2) is 14.4 Å². The zero-order valence-corrected chi connectivity index (χ0v) is 15.8. The first kappa shape index (κ1) is 18.8. The van der Waals surface area contributed by atoms with Crippen LogP contribution in [0.2, 0.25) is 0 Å². The van der Waals surface area contributed by atoms with Gasteiger partial charge in [-0.15, -0.1) is 0 Å². The number of nitrogens with zero attached hydrogens (tertiary/aromatic N) is 3. The van der Waals surface area contributed by atoms with Gasteiger partial charge in [-0.1, -0.05) is 6.07 Å². The second-order valence-corrected chi connectivity index (χ2v) is 6.82. The average Bonchev–Trinajstić information content (AvgIpc) is 3.23. The van der Waals surface area contributed by atoms with Crippen LogP contribution < -0.4 is 10.3 Å². The third-order valence-electron chi connectivity index (χ3n) is 4.93. The minimum atomic E-state index is -0.448. The molecular weight excluding hydrogens is 375 g/mol. The molecule has 0 bridgehead atoms. The Morgan fingerprint density at radius 2 is 2.14 bits per heavy atom. The van der Waals surface area contributed by atoms with Crippen molar-refractivity contribution in [1.82, 2.24) is 19.9 Å². The SMILES string of the molecule is COc1ncccc1-c1cc(=O)[nH]c([C@H]2CCN(C(=O)c3cccc(F)c3)C2)n1. The Morgan fingerprint density at radius 1 is 1.28 bits per heavy atom. The summed E-state index contributed by atoms with van der Waals surface area (Å²) in [6.07, 6.45) is 2.25. The summed E-state index contributed by atoms with van der Waals surface area (Å²) >= 11 is 0. The number of likely N-dealkylation sites (tertiary alicyclic amines) is 1. The molecule has 0 saturated carbocycles. The van der Waals surface area contributed by atoms with Crippen molar-refractivity contribution in [3.8, 4) is 17.1 Å². The number of carbonyl (C=O) groups is 1. The number of benzene rings is 1. The van der Waals surface area contributed by atoms with Crippen molar-refractivity contribution in [3.63, 3.8) is 0 Å². The minimum absolute atomic E-state index is 0.122. The highest BCUT2D eigenvalue weighted by Gasteiger charge is 2.30. The molecule has 1 amide bonds. The van der Waals surface area contributed by atoms with Gasteiger partial charge in [0.25, 0.3) is 11.5 Å². The first-order valence-electron chi connectivity index (χ1n) is 9.20. The van der Waals surface area contributed by atoms with Gasteiger partial charge in [0.15, 0.2) is 0 Å². The van der Waals surface area contributed by atoms with E-state index in [0.29, 0.717) is 48.0 Å². The summed E-state index contributed by atoms with van der Waals surface area (Å²) in [5.74, 6) is 0.0804. The Labute approximate surface area is 166 Å². The van der Waals surface area contributed by atoms with E-state index >= 15 is 0 Å². The summed E-state index contributed by atoms with van der Waals surface area (Å²) in [4.78, 5) is 38.1. The average molecular weight is 394 g/mol. The number of aromatic nitrogens is 3. The highest BCUT2D eigenvalue weighted by Crippen LogP contribution is 2.29. The summed E-state index contributed by atoms with van der Waals surface area (Å²) in [6, 6.07) is 10.6. The van der Waals surface area contributed by atoms with Crippen molar-refractivity contribution in [3.05, 3.63) is 76.2 Å². The van der Waals surface area contributed by atoms with Gasteiger partial charge in [0.1, 0.15) is 11.6 Å². The fourth-order valence-electron chi connectivity index (χ4n) is 3.53. The number of halogens is 1. The molecule has 1 aromatic carbocycles. The molecule has 0 aliphatic carbocycles. The number of hydrogen-bond acceptors (Lipinski definition) is 5. The number of nitrogens with one attached hydrogen (secondary N) is 1. The zero-order valence-electron chi connectivity index (χ0n) is 15.8. The van der Waals surface area contributed by atoms with Gasteiger partial charge in [0.05, 0.1) is 18.4 Å². The number of aromatic amines is 1. The summed E-state index contributed by atoms with van der Waals surface area (Å²) in [7, 11) is 1.51. The maximum atomic E-state index is 13.4. The zero-order chi connectivity index (χ0) is 20.4. The van der Waals surface area contributed by atoms with Crippen LogP contribution in [0.5, 0.6) is 5.88 Å². The van der Waals surface area contributed by atoms with Crippen LogP contribution in [0.4, 0.5) is 4.39 Å². The summed E-state index contributed by atoms with van der Waals surface area (Å²) in [5, 5.41) is 0. The summed E-state index contributed by atoms with van der Waals surface area (Å²) < 4.78 is 18.7. The van der Waals surface area contributed by atoms with E-state index in [9.17, 15) is 14.0 Å². The maximum absolute atomic E-state index is 13.4. The van der Waals surface area contributed by atoms with Gasteiger partial charge >= 0.3 is 0 Å². The quantitative estimate of drug-likeness (QED) is 0.735. The predicted octanol–water partition coefficient (Wildman–Crippen LogP) is 2.61. The number of pyridine rings is 1. The molecule has 1 aliphatic rings. The summed E-state index contributed by atoms with van der Waals surface area (Å²) in [5.41, 5.74) is 1.10. The largest absolute Gasteiger partial charge is 0.481 e. The van der Waals surface area contributed by atoms with Gasteiger partial charge in [-0.05, 0) is 36.8 Å². The molecule has 2 aromatic heterocycles. The third kappa shape index (κ3) is 3.87. The van der Waals surface area contributed by atoms with Crippen LogP contribution in [-0.2, 0) is 0 Å². The van der Waals surface area contributed by atoms with E-state index in [4.69, 9.17) is 4.74 Å². The predicted molar refractivity (Wildman–Crippen MR) is 104 cm³/mol. The van der Waals surface area contributed by atoms with E-state index in [-0.39, 0.29) is 17.4 Å². The number of ether oxygens (including phenoxy) is 1. The van der Waals surface area contributed by atoms with Crippen molar-refractivity contribution in [2.75, 3.05) is 20.2 Å². The molecule has 148 valence electrons. The van der Waals surface area contributed by atoms with Crippen molar-refractivity contribution in [1.29, 1.82) is 0 Å². The first-order chi connectivity index (χ1) is 14.0. The Kier molecular flexibility index (Phi) is 5.07. The van der Waals surface area contributed by atoms with Crippen LogP contribution in [0.15, 0.2) is 53.5 Å². The van der Waals surface area contributed by atoms with Gasteiger partial charge in [-0.2, -0.15) is 0 Å². The minimum Gasteiger partial charge on any atom is -0.481 e. The maximum Gasteiger partial charge on any atom is 0.253 e. The van der Waals surface area contributed by atoms with Crippen molar-refractivity contribution in [2.24, 2.45) is 0 Å². The number of hydrogen-bond donors (Lipinski definition) is 1. The Morgan fingerprint density at radius 3 is 2.93 bits per heavy atom. The van der Waals surface area contributed by atoms with Crippen molar-refractivity contribution in [2.45, 2.75) is 12.3 Å². The number of methoxy groups -OCH3 is 1. The highest BCUT2D eigenvalue weighted by atomic mass is 19.1. The fraction of sp³-hybridized carbons (Fsp3) is 0.238. The van der Waals surface area contributed by atoms with E-state index < -0.39 is 5.82 Å². The molecule has 1 fully saturated rings. The Bertz CT molecular complexity index is 1110. The molecule has 1 aliphatic heterocycles. The normalized spacial score (nSPS) is 16.1. The number of H-pyrrole nitrogens is 1. The lowest BCUT2D eigenvalue weighted by molar-refractivity contribution is 0.0790. The van der Waals surface area contributed by atoms with Crippen molar-refractivity contribution < 1.29 is 13.9 Å². The fourth-order valence-corrected chi connectivity index (χ4v) is 3.53. The van der Waals surface area contributed by atoms with Crippen LogP contribution >= 0.6 is 0 Å². The van der Waals surface area contributed by atoms with Crippen LogP contribution in [0.3, 0.4) is 0 Å². The summed E-state index contributed by atoms with van der Waals surface area (Å²) in [6.45, 7) is 0.899. The van der Waals surface area contributed by atoms with Crippen molar-refractivity contribution >= 4 is 5.91 Å². The Balaban J connectivity index is 1.59. The van der Waals surface area contributed by atoms with Gasteiger partial charge in [0, 0.05) is 36.8 Å². The van der Waals surface area contributed by atoms with Gasteiger partial charge in [-0.3, -0.25) is 9.59 Å². The topological polar surface area (TPSA) is 88.2 Å². The third-order valence-corrected chi connectivity index (χ3v) is 4.93. The smallest absolute Gasteiger partial charge is 0.253 e. The van der Waals surface area contributed by atoms with E-state index in [0.717, 1.165) is 0 Å². The molecule has 29 heavy (non-hydrogen) atoms. The molecule has 4 rings (SSSR count).